The van der Waals surface area contributed by atoms with E-state index in [1.54, 1.807) is 18.2 Å². The molecule has 1 aromatic rings. The first-order chi connectivity index (χ1) is 12.0. The Bertz CT molecular complexity index is 711. The lowest BCUT2D eigenvalue weighted by Gasteiger charge is -2.39. The maximum absolute atomic E-state index is 12.9. The predicted octanol–water partition coefficient (Wildman–Crippen LogP) is 2.46. The molecule has 0 N–H and O–H groups in total. The minimum absolute atomic E-state index is 0.149. The van der Waals surface area contributed by atoms with E-state index in [1.807, 2.05) is 4.90 Å². The maximum Gasteiger partial charge on any atom is 0.251 e. The zero-order chi connectivity index (χ0) is 17.6. The number of anilines is 1. The van der Waals surface area contributed by atoms with Crippen molar-refractivity contribution in [3.8, 4) is 0 Å². The van der Waals surface area contributed by atoms with E-state index in [9.17, 15) is 9.59 Å². The average Bonchev–Trinajstić information content (AvgIpc) is 3.17. The molecule has 3 heterocycles. The maximum atomic E-state index is 12.9. The molecule has 134 valence electrons. The van der Waals surface area contributed by atoms with Crippen molar-refractivity contribution in [3.05, 3.63) is 28.2 Å². The lowest BCUT2D eigenvalue weighted by Crippen LogP contribution is -2.51. The first-order valence-electron chi connectivity index (χ1n) is 8.33. The van der Waals surface area contributed by atoms with Gasteiger partial charge in [-0.3, -0.25) is 14.5 Å². The summed E-state index contributed by atoms with van der Waals surface area (Å²) in [6.45, 7) is 2.53. The number of imide groups is 1. The molecule has 3 saturated heterocycles. The number of hydrogen-bond acceptors (Lipinski definition) is 5. The van der Waals surface area contributed by atoms with Gasteiger partial charge in [0.15, 0.2) is 5.79 Å². The average molecular weight is 385 g/mol. The molecule has 2 amide bonds. The fraction of sp³-hybridized carbons (Fsp3) is 0.529. The van der Waals surface area contributed by atoms with Crippen molar-refractivity contribution in [2.45, 2.75) is 31.1 Å². The molecule has 3 aliphatic rings. The Morgan fingerprint density at radius 1 is 1.08 bits per heavy atom. The molecule has 3 fully saturated rings. The SMILES string of the molecule is O=C1CC(N2CCC3(CC2)OCCO3)C(=O)N1c1cccc(Cl)c1Cl. The number of piperidine rings is 1. The molecule has 4 rings (SSSR count). The summed E-state index contributed by atoms with van der Waals surface area (Å²) in [4.78, 5) is 28.6. The third-order valence-corrected chi connectivity index (χ3v) is 5.92. The van der Waals surface area contributed by atoms with Crippen LogP contribution in [0.2, 0.25) is 10.0 Å². The van der Waals surface area contributed by atoms with E-state index in [0.717, 1.165) is 4.90 Å². The number of benzene rings is 1. The van der Waals surface area contributed by atoms with E-state index in [-0.39, 0.29) is 23.3 Å². The van der Waals surface area contributed by atoms with Gasteiger partial charge >= 0.3 is 0 Å². The van der Waals surface area contributed by atoms with E-state index in [0.29, 0.717) is 49.9 Å². The molecule has 0 saturated carbocycles. The fourth-order valence-electron chi connectivity index (χ4n) is 3.78. The van der Waals surface area contributed by atoms with Gasteiger partial charge in [-0.2, -0.15) is 0 Å². The highest BCUT2D eigenvalue weighted by Gasteiger charge is 2.47. The van der Waals surface area contributed by atoms with E-state index >= 15 is 0 Å². The summed E-state index contributed by atoms with van der Waals surface area (Å²) in [6.07, 6.45) is 1.54. The summed E-state index contributed by atoms with van der Waals surface area (Å²) in [5.41, 5.74) is 0.350. The van der Waals surface area contributed by atoms with Crippen LogP contribution < -0.4 is 4.90 Å². The monoisotopic (exact) mass is 384 g/mol. The van der Waals surface area contributed by atoms with Crippen LogP contribution in [0.1, 0.15) is 19.3 Å². The summed E-state index contributed by atoms with van der Waals surface area (Å²) < 4.78 is 11.4. The summed E-state index contributed by atoms with van der Waals surface area (Å²) in [6, 6.07) is 4.47. The molecule has 25 heavy (non-hydrogen) atoms. The van der Waals surface area contributed by atoms with E-state index in [1.165, 1.54) is 0 Å². The van der Waals surface area contributed by atoms with Gasteiger partial charge < -0.3 is 9.47 Å². The Hall–Kier alpha value is -1.18. The van der Waals surface area contributed by atoms with Crippen LogP contribution in [0.3, 0.4) is 0 Å². The molecule has 1 atom stereocenters. The summed E-state index contributed by atoms with van der Waals surface area (Å²) in [5.74, 6) is -1.01. The number of nitrogens with zero attached hydrogens (tertiary/aromatic N) is 2. The van der Waals surface area contributed by atoms with Crippen molar-refractivity contribution in [1.29, 1.82) is 0 Å². The van der Waals surface area contributed by atoms with Gasteiger partial charge in [-0.25, -0.2) is 4.90 Å². The molecule has 8 heteroatoms. The Kier molecular flexibility index (Phi) is 4.50. The molecule has 6 nitrogen and oxygen atoms in total. The molecule has 1 spiro atoms. The summed E-state index contributed by atoms with van der Waals surface area (Å²) >= 11 is 12.2. The number of likely N-dealkylation sites (tertiary alicyclic amines) is 1. The number of rotatable bonds is 2. The van der Waals surface area contributed by atoms with Crippen LogP contribution in [0.5, 0.6) is 0 Å². The van der Waals surface area contributed by atoms with Crippen molar-refractivity contribution < 1.29 is 19.1 Å². The first-order valence-corrected chi connectivity index (χ1v) is 9.09. The highest BCUT2D eigenvalue weighted by molar-refractivity contribution is 6.44. The molecule has 0 aliphatic carbocycles. The second-order valence-corrected chi connectivity index (χ2v) is 7.29. The highest BCUT2D eigenvalue weighted by Crippen LogP contribution is 2.37. The molecule has 0 bridgehead atoms. The number of ether oxygens (including phenoxy) is 2. The Morgan fingerprint density at radius 3 is 2.44 bits per heavy atom. The van der Waals surface area contributed by atoms with Crippen LogP contribution in [0.15, 0.2) is 18.2 Å². The molecule has 3 aliphatic heterocycles. The number of carbonyl (C=O) groups excluding carboxylic acids is 2. The summed E-state index contributed by atoms with van der Waals surface area (Å²) in [7, 11) is 0. The topological polar surface area (TPSA) is 59.1 Å². The quantitative estimate of drug-likeness (QED) is 0.733. The largest absolute Gasteiger partial charge is 0.347 e. The van der Waals surface area contributed by atoms with Gasteiger partial charge in [0.2, 0.25) is 5.91 Å². The Balaban J connectivity index is 1.51. The number of amides is 2. The molecule has 1 aromatic carbocycles. The van der Waals surface area contributed by atoms with Gasteiger partial charge in [-0.05, 0) is 12.1 Å². The molecular formula is C17H18Cl2N2O4. The zero-order valence-corrected chi connectivity index (χ0v) is 15.1. The van der Waals surface area contributed by atoms with Crippen molar-refractivity contribution in [2.24, 2.45) is 0 Å². The van der Waals surface area contributed by atoms with Gasteiger partial charge in [-0.1, -0.05) is 29.3 Å². The Labute approximate surface area is 155 Å². The van der Waals surface area contributed by atoms with Crippen LogP contribution in [-0.2, 0) is 19.1 Å². The van der Waals surface area contributed by atoms with Crippen LogP contribution in [0.25, 0.3) is 0 Å². The van der Waals surface area contributed by atoms with Crippen molar-refractivity contribution in [3.63, 3.8) is 0 Å². The minimum Gasteiger partial charge on any atom is -0.347 e. The van der Waals surface area contributed by atoms with Crippen LogP contribution >= 0.6 is 23.2 Å². The first kappa shape index (κ1) is 17.2. The lowest BCUT2D eigenvalue weighted by molar-refractivity contribution is -0.188. The van der Waals surface area contributed by atoms with Crippen molar-refractivity contribution >= 4 is 40.7 Å². The van der Waals surface area contributed by atoms with Gasteiger partial charge in [-0.15, -0.1) is 0 Å². The summed E-state index contributed by atoms with van der Waals surface area (Å²) in [5, 5.41) is 0.538. The van der Waals surface area contributed by atoms with Gasteiger partial charge in [0.05, 0.1) is 41.4 Å². The second-order valence-electron chi connectivity index (χ2n) is 6.50. The van der Waals surface area contributed by atoms with Crippen LogP contribution in [-0.4, -0.2) is 54.8 Å². The number of hydrogen-bond donors (Lipinski definition) is 0. The number of halogens is 2. The van der Waals surface area contributed by atoms with Crippen molar-refractivity contribution in [2.75, 3.05) is 31.2 Å². The lowest BCUT2D eigenvalue weighted by atomic mass is 10.0. The van der Waals surface area contributed by atoms with Gasteiger partial charge in [0, 0.05) is 25.9 Å². The third kappa shape index (κ3) is 2.96. The standard InChI is InChI=1S/C17H18Cl2N2O4/c18-11-2-1-3-12(15(11)19)21-14(22)10-13(16(21)23)20-6-4-17(5-7-20)24-8-9-25-17/h1-3,13H,4-10H2. The molecular weight excluding hydrogens is 367 g/mol. The zero-order valence-electron chi connectivity index (χ0n) is 13.5. The van der Waals surface area contributed by atoms with E-state index in [4.69, 9.17) is 32.7 Å². The van der Waals surface area contributed by atoms with E-state index < -0.39 is 11.8 Å². The van der Waals surface area contributed by atoms with Crippen molar-refractivity contribution in [1.82, 2.24) is 4.90 Å². The molecule has 0 radical (unpaired) electrons. The third-order valence-electron chi connectivity index (χ3n) is 5.11. The fourth-order valence-corrected chi connectivity index (χ4v) is 4.16. The minimum atomic E-state index is -0.502. The normalized spacial score (nSPS) is 26.8. The second kappa shape index (κ2) is 6.52. The number of carbonyl (C=O) groups is 2. The molecule has 0 aromatic heterocycles. The van der Waals surface area contributed by atoms with Gasteiger partial charge in [0.25, 0.3) is 5.91 Å². The van der Waals surface area contributed by atoms with Gasteiger partial charge in [0.1, 0.15) is 0 Å². The van der Waals surface area contributed by atoms with E-state index in [2.05, 4.69) is 0 Å². The van der Waals surface area contributed by atoms with Crippen LogP contribution in [0.4, 0.5) is 5.69 Å². The highest BCUT2D eigenvalue weighted by atomic mass is 35.5. The van der Waals surface area contributed by atoms with Crippen LogP contribution in [0, 0.1) is 0 Å². The Morgan fingerprint density at radius 2 is 1.76 bits per heavy atom. The predicted molar refractivity (Wildman–Crippen MR) is 92.8 cm³/mol. The molecule has 1 unspecified atom stereocenters. The smallest absolute Gasteiger partial charge is 0.251 e.